The number of anilines is 1. The third-order valence-corrected chi connectivity index (χ3v) is 5.26. The van der Waals surface area contributed by atoms with Crippen LogP contribution in [-0.2, 0) is 4.79 Å². The molecule has 0 aromatic heterocycles. The molecule has 0 fully saturated rings. The Kier molecular flexibility index (Phi) is 7.59. The van der Waals surface area contributed by atoms with Crippen molar-refractivity contribution in [3.8, 4) is 11.8 Å². The number of aryl methyl sites for hydroxylation is 1. The highest BCUT2D eigenvalue weighted by atomic mass is 35.5. The lowest BCUT2D eigenvalue weighted by Gasteiger charge is -2.11. The lowest BCUT2D eigenvalue weighted by molar-refractivity contribution is -0.118. The molecule has 4 nitrogen and oxygen atoms in total. The normalized spacial score (nSPS) is 11.0. The summed E-state index contributed by atoms with van der Waals surface area (Å²) in [7, 11) is 0. The molecule has 0 unspecified atom stereocenters. The molecule has 0 aliphatic heterocycles. The Balaban J connectivity index is 1.78. The van der Waals surface area contributed by atoms with Gasteiger partial charge < -0.3 is 10.1 Å². The van der Waals surface area contributed by atoms with Gasteiger partial charge in [-0.05, 0) is 66.6 Å². The van der Waals surface area contributed by atoms with Crippen LogP contribution in [0.1, 0.15) is 16.7 Å². The van der Waals surface area contributed by atoms with Gasteiger partial charge in [0.15, 0.2) is 6.61 Å². The standard InChI is InChI=1S/C24H17Cl3N2O2/c1-15-2-8-21(12-22(15)27)29-24(30)14-31-23-9-7-20(26)11-17(23)10-18(13-28)16-3-5-19(25)6-4-16/h2-12H,14H2,1H3,(H,29,30)/b18-10+. The molecule has 0 aliphatic carbocycles. The molecule has 1 N–H and O–H groups in total. The van der Waals surface area contributed by atoms with Gasteiger partial charge in [-0.3, -0.25) is 4.79 Å². The maximum absolute atomic E-state index is 12.3. The van der Waals surface area contributed by atoms with E-state index in [0.29, 0.717) is 43.2 Å². The average molecular weight is 472 g/mol. The van der Waals surface area contributed by atoms with E-state index >= 15 is 0 Å². The number of benzene rings is 3. The van der Waals surface area contributed by atoms with Gasteiger partial charge in [-0.1, -0.05) is 53.0 Å². The first-order chi connectivity index (χ1) is 14.9. The highest BCUT2D eigenvalue weighted by Crippen LogP contribution is 2.28. The molecule has 7 heteroatoms. The lowest BCUT2D eigenvalue weighted by atomic mass is 10.0. The number of nitrogens with zero attached hydrogens (tertiary/aromatic N) is 1. The van der Waals surface area contributed by atoms with E-state index in [1.165, 1.54) is 0 Å². The third-order valence-electron chi connectivity index (χ3n) is 4.36. The van der Waals surface area contributed by atoms with E-state index in [0.717, 1.165) is 5.56 Å². The van der Waals surface area contributed by atoms with Crippen LogP contribution in [0.15, 0.2) is 60.7 Å². The first kappa shape index (κ1) is 22.7. The number of carbonyl (C=O) groups is 1. The minimum absolute atomic E-state index is 0.225. The monoisotopic (exact) mass is 470 g/mol. The first-order valence-corrected chi connectivity index (χ1v) is 10.3. The molecule has 0 aliphatic rings. The zero-order valence-electron chi connectivity index (χ0n) is 16.5. The van der Waals surface area contributed by atoms with Crippen LogP contribution in [0.2, 0.25) is 15.1 Å². The summed E-state index contributed by atoms with van der Waals surface area (Å²) in [4.78, 5) is 12.3. The lowest BCUT2D eigenvalue weighted by Crippen LogP contribution is -2.20. The SMILES string of the molecule is Cc1ccc(NC(=O)COc2ccc(Cl)cc2/C=C(\C#N)c2ccc(Cl)cc2)cc1Cl. The van der Waals surface area contributed by atoms with E-state index in [4.69, 9.17) is 39.5 Å². The van der Waals surface area contributed by atoms with Gasteiger partial charge in [-0.25, -0.2) is 0 Å². The van der Waals surface area contributed by atoms with Crippen molar-refractivity contribution in [1.82, 2.24) is 0 Å². The summed E-state index contributed by atoms with van der Waals surface area (Å²) < 4.78 is 5.70. The molecule has 156 valence electrons. The number of ether oxygens (including phenoxy) is 1. The third kappa shape index (κ3) is 6.26. The van der Waals surface area contributed by atoms with Crippen LogP contribution in [0.3, 0.4) is 0 Å². The van der Waals surface area contributed by atoms with Crippen LogP contribution in [0.5, 0.6) is 5.75 Å². The summed E-state index contributed by atoms with van der Waals surface area (Å²) in [5, 5.41) is 14.0. The highest BCUT2D eigenvalue weighted by molar-refractivity contribution is 6.32. The molecule has 3 aromatic carbocycles. The van der Waals surface area contributed by atoms with Crippen LogP contribution in [-0.4, -0.2) is 12.5 Å². The van der Waals surface area contributed by atoms with Crippen LogP contribution in [0.25, 0.3) is 11.6 Å². The van der Waals surface area contributed by atoms with Crippen molar-refractivity contribution in [2.45, 2.75) is 6.92 Å². The zero-order chi connectivity index (χ0) is 22.4. The van der Waals surface area contributed by atoms with Crippen molar-refractivity contribution in [1.29, 1.82) is 5.26 Å². The molecule has 0 atom stereocenters. The van der Waals surface area contributed by atoms with Gasteiger partial charge >= 0.3 is 0 Å². The molecular weight excluding hydrogens is 455 g/mol. The fourth-order valence-electron chi connectivity index (χ4n) is 2.74. The van der Waals surface area contributed by atoms with Gasteiger partial charge in [0, 0.05) is 26.3 Å². The van der Waals surface area contributed by atoms with E-state index in [9.17, 15) is 10.1 Å². The first-order valence-electron chi connectivity index (χ1n) is 9.22. The number of nitriles is 1. The van der Waals surface area contributed by atoms with E-state index < -0.39 is 0 Å². The number of amides is 1. The van der Waals surface area contributed by atoms with Gasteiger partial charge in [0.25, 0.3) is 5.91 Å². The molecule has 0 saturated heterocycles. The second-order valence-corrected chi connectivity index (χ2v) is 7.94. The van der Waals surface area contributed by atoms with Crippen molar-refractivity contribution < 1.29 is 9.53 Å². The topological polar surface area (TPSA) is 62.1 Å². The van der Waals surface area contributed by atoms with Gasteiger partial charge in [0.2, 0.25) is 0 Å². The Labute approximate surface area is 195 Å². The molecular formula is C24H17Cl3N2O2. The van der Waals surface area contributed by atoms with Crippen molar-refractivity contribution in [3.63, 3.8) is 0 Å². The van der Waals surface area contributed by atoms with Gasteiger partial charge in [-0.2, -0.15) is 5.26 Å². The van der Waals surface area contributed by atoms with Crippen molar-refractivity contribution >= 4 is 58.0 Å². The van der Waals surface area contributed by atoms with Crippen molar-refractivity contribution in [3.05, 3.63) is 92.4 Å². The molecule has 0 saturated carbocycles. The Morgan fingerprint density at radius 1 is 1.03 bits per heavy atom. The molecule has 0 heterocycles. The number of hydrogen-bond donors (Lipinski definition) is 1. The molecule has 1 amide bonds. The number of allylic oxidation sites excluding steroid dienone is 1. The van der Waals surface area contributed by atoms with E-state index in [1.807, 2.05) is 13.0 Å². The number of nitrogens with one attached hydrogen (secondary N) is 1. The van der Waals surface area contributed by atoms with Crippen LogP contribution in [0, 0.1) is 18.3 Å². The summed E-state index contributed by atoms with van der Waals surface area (Å²) in [6.45, 7) is 1.66. The molecule has 3 aromatic rings. The van der Waals surface area contributed by atoms with Crippen LogP contribution >= 0.6 is 34.8 Å². The van der Waals surface area contributed by atoms with Crippen LogP contribution < -0.4 is 10.1 Å². The Bertz CT molecular complexity index is 1180. The Morgan fingerprint density at radius 2 is 1.74 bits per heavy atom. The summed E-state index contributed by atoms with van der Waals surface area (Å²) in [6, 6.07) is 19.3. The Morgan fingerprint density at radius 3 is 2.42 bits per heavy atom. The highest BCUT2D eigenvalue weighted by Gasteiger charge is 2.10. The van der Waals surface area contributed by atoms with Gasteiger partial charge in [0.05, 0.1) is 11.6 Å². The quantitative estimate of drug-likeness (QED) is 0.310. The van der Waals surface area contributed by atoms with Crippen LogP contribution in [0.4, 0.5) is 5.69 Å². The van der Waals surface area contributed by atoms with E-state index in [-0.39, 0.29) is 12.5 Å². The maximum Gasteiger partial charge on any atom is 0.262 e. The summed E-state index contributed by atoms with van der Waals surface area (Å²) >= 11 is 18.1. The van der Waals surface area contributed by atoms with Gasteiger partial charge in [0.1, 0.15) is 5.75 Å². The minimum atomic E-state index is -0.344. The summed E-state index contributed by atoms with van der Waals surface area (Å²) in [5.41, 5.74) is 3.18. The van der Waals surface area contributed by atoms with Gasteiger partial charge in [-0.15, -0.1) is 0 Å². The molecule has 0 spiro atoms. The summed E-state index contributed by atoms with van der Waals surface area (Å²) in [6.07, 6.45) is 1.65. The summed E-state index contributed by atoms with van der Waals surface area (Å²) in [5.74, 6) is 0.0752. The minimum Gasteiger partial charge on any atom is -0.483 e. The smallest absolute Gasteiger partial charge is 0.262 e. The predicted octanol–water partition coefficient (Wildman–Crippen LogP) is 7.04. The predicted molar refractivity (Wildman–Crippen MR) is 127 cm³/mol. The number of rotatable bonds is 6. The fourth-order valence-corrected chi connectivity index (χ4v) is 3.23. The second-order valence-electron chi connectivity index (χ2n) is 6.66. The zero-order valence-corrected chi connectivity index (χ0v) is 18.7. The largest absolute Gasteiger partial charge is 0.483 e. The average Bonchev–Trinajstić information content (AvgIpc) is 2.74. The molecule has 3 rings (SSSR count). The molecule has 0 bridgehead atoms. The van der Waals surface area contributed by atoms with E-state index in [1.54, 1.807) is 60.7 Å². The van der Waals surface area contributed by atoms with Crippen molar-refractivity contribution in [2.75, 3.05) is 11.9 Å². The Hall–Kier alpha value is -2.97. The second kappa shape index (κ2) is 10.4. The van der Waals surface area contributed by atoms with Crippen molar-refractivity contribution in [2.24, 2.45) is 0 Å². The molecule has 0 radical (unpaired) electrons. The maximum atomic E-state index is 12.3. The van der Waals surface area contributed by atoms with E-state index in [2.05, 4.69) is 11.4 Å². The number of halogens is 3. The number of carbonyl (C=O) groups excluding carboxylic acids is 1. The molecule has 31 heavy (non-hydrogen) atoms. The number of hydrogen-bond acceptors (Lipinski definition) is 3. The fraction of sp³-hybridized carbons (Fsp3) is 0.0833.